The van der Waals surface area contributed by atoms with Gasteiger partial charge in [0.15, 0.2) is 0 Å². The largest absolute Gasteiger partial charge is 0.496 e. The van der Waals surface area contributed by atoms with E-state index in [0.29, 0.717) is 36.5 Å². The molecular weight excluding hydrogens is 484 g/mol. The third kappa shape index (κ3) is 6.15. The number of esters is 2. The summed E-state index contributed by atoms with van der Waals surface area (Å²) in [7, 11) is 3.21. The molecule has 2 aliphatic rings. The van der Waals surface area contributed by atoms with Crippen molar-refractivity contribution in [2.75, 3.05) is 14.2 Å². The second-order valence-electron chi connectivity index (χ2n) is 9.52. The van der Waals surface area contributed by atoms with Gasteiger partial charge in [-0.25, -0.2) is 9.59 Å². The molecule has 0 aromatic heterocycles. The van der Waals surface area contributed by atoms with Crippen molar-refractivity contribution in [2.24, 2.45) is 0 Å². The van der Waals surface area contributed by atoms with E-state index in [0.717, 1.165) is 58.4 Å². The number of allylic oxidation sites excluding steroid dienone is 3. The lowest BCUT2D eigenvalue weighted by Gasteiger charge is -2.13. The standard InChI is InChI=1S/C18H22O4.C13H14O3/c1-11(5-7-12(2)19)6-8-14-13(3)16-10-22-18(20)15(16)9-17(14)21-4;1-4-5-9-8(2)11-7-16-13(14)10(11)6-12(9)15-3/h6,9H,5,7-8,10H2,1-4H3;4,6H,1,5,7H2,2-3H3/b11-6+;. The van der Waals surface area contributed by atoms with Crippen LogP contribution < -0.4 is 9.47 Å². The van der Waals surface area contributed by atoms with E-state index in [-0.39, 0.29) is 17.7 Å². The average molecular weight is 521 g/mol. The van der Waals surface area contributed by atoms with E-state index in [1.165, 1.54) is 5.57 Å². The molecule has 0 spiro atoms. The van der Waals surface area contributed by atoms with Gasteiger partial charge in [0.1, 0.15) is 30.5 Å². The van der Waals surface area contributed by atoms with E-state index in [2.05, 4.69) is 12.7 Å². The molecule has 0 saturated carbocycles. The van der Waals surface area contributed by atoms with Gasteiger partial charge in [0, 0.05) is 28.7 Å². The SMILES string of the molecule is C=CCc1c(OC)cc2c(c1C)COC2=O.COc1cc2c(c(C)c1C/C=C(\C)CCC(C)=O)COC2=O. The Morgan fingerprint density at radius 3 is 1.76 bits per heavy atom. The van der Waals surface area contributed by atoms with Crippen LogP contribution in [0.4, 0.5) is 0 Å². The van der Waals surface area contributed by atoms with E-state index < -0.39 is 0 Å². The van der Waals surface area contributed by atoms with Gasteiger partial charge in [-0.05, 0) is 70.2 Å². The van der Waals surface area contributed by atoms with Crippen LogP contribution in [-0.4, -0.2) is 31.9 Å². The highest BCUT2D eigenvalue weighted by Gasteiger charge is 2.27. The Labute approximate surface area is 224 Å². The molecule has 2 heterocycles. The number of ketones is 1. The lowest BCUT2D eigenvalue weighted by atomic mass is 9.94. The monoisotopic (exact) mass is 520 g/mol. The number of ether oxygens (including phenoxy) is 4. The summed E-state index contributed by atoms with van der Waals surface area (Å²) in [4.78, 5) is 34.2. The van der Waals surface area contributed by atoms with Crippen LogP contribution in [0.2, 0.25) is 0 Å². The number of hydrogen-bond acceptors (Lipinski definition) is 7. The van der Waals surface area contributed by atoms with Gasteiger partial charge < -0.3 is 23.7 Å². The minimum atomic E-state index is -0.281. The van der Waals surface area contributed by atoms with Crippen LogP contribution in [-0.2, 0) is 40.3 Å². The van der Waals surface area contributed by atoms with E-state index in [4.69, 9.17) is 18.9 Å². The van der Waals surface area contributed by atoms with Gasteiger partial charge >= 0.3 is 11.9 Å². The van der Waals surface area contributed by atoms with Crippen molar-refractivity contribution in [3.63, 3.8) is 0 Å². The Kier molecular flexibility index (Phi) is 9.50. The predicted octanol–water partition coefficient (Wildman–Crippen LogP) is 5.93. The summed E-state index contributed by atoms with van der Waals surface area (Å²) in [5.41, 5.74) is 8.62. The van der Waals surface area contributed by atoms with Gasteiger partial charge in [0.25, 0.3) is 0 Å². The molecule has 2 aromatic carbocycles. The van der Waals surface area contributed by atoms with Crippen molar-refractivity contribution >= 4 is 17.7 Å². The van der Waals surface area contributed by atoms with Gasteiger partial charge in [0.2, 0.25) is 0 Å². The van der Waals surface area contributed by atoms with Crippen LogP contribution in [0.25, 0.3) is 0 Å². The van der Waals surface area contributed by atoms with Crippen LogP contribution in [0.3, 0.4) is 0 Å². The van der Waals surface area contributed by atoms with E-state index in [9.17, 15) is 14.4 Å². The fourth-order valence-electron chi connectivity index (χ4n) is 4.68. The predicted molar refractivity (Wildman–Crippen MR) is 145 cm³/mol. The topological polar surface area (TPSA) is 88.1 Å². The molecule has 7 heteroatoms. The first-order valence-corrected chi connectivity index (χ1v) is 12.6. The molecule has 0 radical (unpaired) electrons. The number of cyclic esters (lactones) is 2. The molecule has 0 bridgehead atoms. The lowest BCUT2D eigenvalue weighted by molar-refractivity contribution is -0.116. The molecule has 0 atom stereocenters. The van der Waals surface area contributed by atoms with Crippen molar-refractivity contribution in [1.82, 2.24) is 0 Å². The number of carbonyl (C=O) groups is 3. The number of carbonyl (C=O) groups excluding carboxylic acids is 3. The zero-order chi connectivity index (χ0) is 28.0. The summed E-state index contributed by atoms with van der Waals surface area (Å²) >= 11 is 0. The van der Waals surface area contributed by atoms with Crippen LogP contribution in [0.1, 0.15) is 80.8 Å². The summed E-state index contributed by atoms with van der Waals surface area (Å²) in [6, 6.07) is 3.53. The van der Waals surface area contributed by atoms with Gasteiger partial charge in [-0.2, -0.15) is 0 Å². The van der Waals surface area contributed by atoms with Crippen molar-refractivity contribution in [2.45, 2.75) is 66.6 Å². The molecule has 0 amide bonds. The first-order valence-electron chi connectivity index (χ1n) is 12.6. The second kappa shape index (κ2) is 12.6. The molecule has 202 valence electrons. The third-order valence-corrected chi connectivity index (χ3v) is 7.06. The number of benzene rings is 2. The number of Topliss-reactive ketones (excluding diaryl/α,β-unsaturated/α-hetero) is 1. The zero-order valence-electron chi connectivity index (χ0n) is 23.1. The second-order valence-corrected chi connectivity index (χ2v) is 9.52. The number of rotatable bonds is 9. The molecule has 38 heavy (non-hydrogen) atoms. The highest BCUT2D eigenvalue weighted by atomic mass is 16.5. The first kappa shape index (κ1) is 28.7. The van der Waals surface area contributed by atoms with Gasteiger partial charge in [-0.1, -0.05) is 17.7 Å². The maximum atomic E-state index is 11.7. The average Bonchev–Trinajstić information content (AvgIpc) is 3.46. The summed E-state index contributed by atoms with van der Waals surface area (Å²) in [5, 5.41) is 0. The molecule has 0 saturated heterocycles. The molecule has 2 aromatic rings. The fraction of sp³-hybridized carbons (Fsp3) is 0.387. The summed E-state index contributed by atoms with van der Waals surface area (Å²) in [6.45, 7) is 12.1. The van der Waals surface area contributed by atoms with E-state index in [1.54, 1.807) is 33.3 Å². The molecule has 0 unspecified atom stereocenters. The maximum Gasteiger partial charge on any atom is 0.339 e. The highest BCUT2D eigenvalue weighted by molar-refractivity contribution is 5.95. The molecule has 7 nitrogen and oxygen atoms in total. The van der Waals surface area contributed by atoms with Crippen LogP contribution in [0, 0.1) is 13.8 Å². The number of fused-ring (bicyclic) bond motifs is 2. The molecule has 0 fully saturated rings. The first-order chi connectivity index (χ1) is 18.1. The van der Waals surface area contributed by atoms with Crippen molar-refractivity contribution in [3.8, 4) is 11.5 Å². The maximum absolute atomic E-state index is 11.7. The molecular formula is C31H36O7. The van der Waals surface area contributed by atoms with Gasteiger partial charge in [-0.15, -0.1) is 6.58 Å². The molecule has 0 N–H and O–H groups in total. The molecule has 0 aliphatic carbocycles. The van der Waals surface area contributed by atoms with Gasteiger partial charge in [0.05, 0.1) is 25.3 Å². The minimum Gasteiger partial charge on any atom is -0.496 e. The Hall–Kier alpha value is -3.87. The van der Waals surface area contributed by atoms with E-state index >= 15 is 0 Å². The Bertz CT molecular complexity index is 1300. The van der Waals surface area contributed by atoms with Gasteiger partial charge in [-0.3, -0.25) is 0 Å². The minimum absolute atomic E-state index is 0.203. The van der Waals surface area contributed by atoms with Crippen molar-refractivity contribution in [3.05, 3.63) is 80.9 Å². The Morgan fingerprint density at radius 1 is 0.868 bits per heavy atom. The number of methoxy groups -OCH3 is 2. The summed E-state index contributed by atoms with van der Waals surface area (Å²) < 4.78 is 20.9. The molecule has 4 rings (SSSR count). The van der Waals surface area contributed by atoms with Crippen LogP contribution >= 0.6 is 0 Å². The normalized spacial score (nSPS) is 13.6. The molecule has 2 aliphatic heterocycles. The highest BCUT2D eigenvalue weighted by Crippen LogP contribution is 2.34. The van der Waals surface area contributed by atoms with Crippen LogP contribution in [0.15, 0.2) is 36.4 Å². The quantitative estimate of drug-likeness (QED) is 0.299. The fourth-order valence-corrected chi connectivity index (χ4v) is 4.68. The smallest absolute Gasteiger partial charge is 0.339 e. The van der Waals surface area contributed by atoms with Crippen molar-refractivity contribution < 1.29 is 33.3 Å². The summed E-state index contributed by atoms with van der Waals surface area (Å²) in [5.74, 6) is 1.10. The zero-order valence-corrected chi connectivity index (χ0v) is 23.1. The third-order valence-electron chi connectivity index (χ3n) is 7.06. The summed E-state index contributed by atoms with van der Waals surface area (Å²) in [6.07, 6.45) is 6.76. The van der Waals surface area contributed by atoms with Crippen molar-refractivity contribution in [1.29, 1.82) is 0 Å². The Morgan fingerprint density at radius 2 is 1.34 bits per heavy atom. The number of hydrogen-bond donors (Lipinski definition) is 0. The Balaban J connectivity index is 0.000000221. The van der Waals surface area contributed by atoms with E-state index in [1.807, 2.05) is 26.8 Å². The van der Waals surface area contributed by atoms with Crippen LogP contribution in [0.5, 0.6) is 11.5 Å². The lowest BCUT2D eigenvalue weighted by Crippen LogP contribution is -2.02.